The fraction of sp³-hybridized carbons (Fsp3) is 0.241. The summed E-state index contributed by atoms with van der Waals surface area (Å²) in [6.45, 7) is 3.32. The Bertz CT molecular complexity index is 1630. The third-order valence-corrected chi connectivity index (χ3v) is 8.55. The number of halogens is 3. The molecule has 1 aliphatic heterocycles. The third kappa shape index (κ3) is 5.94. The number of hydrogen-bond acceptors (Lipinski definition) is 5. The molecule has 1 saturated heterocycles. The Morgan fingerprint density at radius 3 is 2.42 bits per heavy atom. The summed E-state index contributed by atoms with van der Waals surface area (Å²) < 4.78 is 1.17. The molecule has 4 aromatic rings. The lowest BCUT2D eigenvalue weighted by Crippen LogP contribution is -2.31. The minimum atomic E-state index is -0.771. The Hall–Kier alpha value is -3.21. The molecule has 1 unspecified atom stereocenters. The molecule has 2 amide bonds. The zero-order valence-electron chi connectivity index (χ0n) is 21.6. The van der Waals surface area contributed by atoms with Crippen molar-refractivity contribution in [3.8, 4) is 0 Å². The number of nitrogens with one attached hydrogen (secondary N) is 2. The number of hydrogen-bond donors (Lipinski definition) is 3. The number of nitrogens with two attached hydrogens (primary N) is 1. The summed E-state index contributed by atoms with van der Waals surface area (Å²) in [4.78, 5) is 49.4. The Kier molecular flexibility index (Phi) is 8.30. The predicted octanol–water partition coefficient (Wildman–Crippen LogP) is 6.61. The largest absolute Gasteiger partial charge is 0.397 e. The number of aromatic amines is 1. The minimum Gasteiger partial charge on any atom is -0.397 e. The summed E-state index contributed by atoms with van der Waals surface area (Å²) in [6.07, 6.45) is 1.94. The average Bonchev–Trinajstić information content (AvgIpc) is 3.61. The van der Waals surface area contributed by atoms with Crippen LogP contribution < -0.4 is 11.1 Å². The van der Waals surface area contributed by atoms with Gasteiger partial charge in [-0.15, -0.1) is 0 Å². The SMILES string of the molecule is Cc1cc(C(=O)NC(CC(=O)c2cc(Br)c(N)c(Br)c2)c2nc3ccc(Cl)cc3[nH]2)ccc1C(=O)N1CCCC1. The number of nitrogen functional groups attached to an aromatic ring is 1. The van der Waals surface area contributed by atoms with Crippen LogP contribution in [0.2, 0.25) is 5.02 Å². The van der Waals surface area contributed by atoms with Gasteiger partial charge in [0.2, 0.25) is 0 Å². The Morgan fingerprint density at radius 2 is 1.75 bits per heavy atom. The molecule has 0 bridgehead atoms. The van der Waals surface area contributed by atoms with E-state index in [9.17, 15) is 14.4 Å². The average molecular weight is 688 g/mol. The molecule has 2 heterocycles. The van der Waals surface area contributed by atoms with Crippen LogP contribution >= 0.6 is 43.5 Å². The van der Waals surface area contributed by atoms with Gasteiger partial charge in [0.15, 0.2) is 5.78 Å². The minimum absolute atomic E-state index is 0.0211. The number of Topliss-reactive ketones (excluding diaryl/α,β-unsaturated/α-hetero) is 1. The molecule has 11 heteroatoms. The van der Waals surface area contributed by atoms with E-state index in [1.165, 1.54) is 0 Å². The highest BCUT2D eigenvalue weighted by Crippen LogP contribution is 2.31. The van der Waals surface area contributed by atoms with Crippen LogP contribution in [0, 0.1) is 6.92 Å². The summed E-state index contributed by atoms with van der Waals surface area (Å²) in [6, 6.07) is 12.8. The molecule has 206 valence electrons. The number of nitrogens with zero attached hydrogens (tertiary/aromatic N) is 2. The Morgan fingerprint density at radius 1 is 1.05 bits per heavy atom. The maximum atomic E-state index is 13.4. The van der Waals surface area contributed by atoms with E-state index in [2.05, 4.69) is 47.1 Å². The monoisotopic (exact) mass is 685 g/mol. The summed E-state index contributed by atoms with van der Waals surface area (Å²) >= 11 is 12.9. The quantitative estimate of drug-likeness (QED) is 0.149. The summed E-state index contributed by atoms with van der Waals surface area (Å²) in [5.74, 6) is -0.204. The fourth-order valence-corrected chi connectivity index (χ4v) is 6.17. The topological polar surface area (TPSA) is 121 Å². The van der Waals surface area contributed by atoms with Crippen LogP contribution in [0.3, 0.4) is 0 Å². The van der Waals surface area contributed by atoms with Gasteiger partial charge in [0, 0.05) is 50.2 Å². The van der Waals surface area contributed by atoms with Gasteiger partial charge in [-0.2, -0.15) is 0 Å². The molecule has 0 spiro atoms. The molecule has 1 aliphatic rings. The van der Waals surface area contributed by atoms with Crippen molar-refractivity contribution in [2.45, 2.75) is 32.2 Å². The highest BCUT2D eigenvalue weighted by atomic mass is 79.9. The van der Waals surface area contributed by atoms with Crippen molar-refractivity contribution in [2.75, 3.05) is 18.8 Å². The molecule has 4 N–H and O–H groups in total. The first-order valence-corrected chi connectivity index (χ1v) is 14.7. The van der Waals surface area contributed by atoms with Crippen molar-refractivity contribution in [3.63, 3.8) is 0 Å². The zero-order chi connectivity index (χ0) is 28.6. The number of aromatic nitrogens is 2. The van der Waals surface area contributed by atoms with Crippen LogP contribution in [0.4, 0.5) is 5.69 Å². The lowest BCUT2D eigenvalue weighted by atomic mass is 10.0. The second-order valence-corrected chi connectivity index (χ2v) is 12.0. The molecule has 1 atom stereocenters. The van der Waals surface area contributed by atoms with E-state index in [0.717, 1.165) is 25.9 Å². The van der Waals surface area contributed by atoms with E-state index >= 15 is 0 Å². The van der Waals surface area contributed by atoms with Crippen LogP contribution in [0.5, 0.6) is 0 Å². The summed E-state index contributed by atoms with van der Waals surface area (Å²) in [5.41, 5.74) is 9.92. The number of H-pyrrole nitrogens is 1. The van der Waals surface area contributed by atoms with Crippen LogP contribution in [-0.4, -0.2) is 45.6 Å². The van der Waals surface area contributed by atoms with E-state index in [0.29, 0.717) is 58.8 Å². The number of carbonyl (C=O) groups excluding carboxylic acids is 3. The van der Waals surface area contributed by atoms with Crippen molar-refractivity contribution in [3.05, 3.63) is 90.6 Å². The number of imidazole rings is 1. The molecule has 40 heavy (non-hydrogen) atoms. The Labute approximate surface area is 252 Å². The molecule has 0 aliphatic carbocycles. The van der Waals surface area contributed by atoms with Crippen molar-refractivity contribution >= 4 is 77.8 Å². The Balaban J connectivity index is 1.43. The lowest BCUT2D eigenvalue weighted by molar-refractivity contribution is 0.0790. The van der Waals surface area contributed by atoms with E-state index in [1.54, 1.807) is 48.5 Å². The first-order chi connectivity index (χ1) is 19.1. The molecule has 1 fully saturated rings. The van der Waals surface area contributed by atoms with Crippen LogP contribution in [0.1, 0.15) is 67.8 Å². The molecular weight excluding hydrogens is 662 g/mol. The van der Waals surface area contributed by atoms with Crippen LogP contribution in [0.15, 0.2) is 57.5 Å². The molecule has 0 radical (unpaired) electrons. The number of anilines is 1. The standard InChI is InChI=1S/C29H26Br2ClN5O3/c1-15-10-16(4-6-19(15)29(40)37-8-2-3-9-37)28(39)36-24(27-34-22-7-5-18(32)13-23(22)35-27)14-25(38)17-11-20(30)26(33)21(31)12-17/h4-7,10-13,24H,2-3,8-9,14,33H2,1H3,(H,34,35)(H,36,39). The highest BCUT2D eigenvalue weighted by Gasteiger charge is 2.25. The lowest BCUT2D eigenvalue weighted by Gasteiger charge is -2.19. The van der Waals surface area contributed by atoms with Gasteiger partial charge in [0.05, 0.1) is 22.8 Å². The smallest absolute Gasteiger partial charge is 0.254 e. The number of ketones is 1. The molecule has 5 rings (SSSR count). The van der Waals surface area contributed by atoms with Crippen molar-refractivity contribution in [1.82, 2.24) is 20.2 Å². The number of amides is 2. The molecular formula is C29H26Br2ClN5O3. The van der Waals surface area contributed by atoms with Gasteiger partial charge in [-0.25, -0.2) is 4.98 Å². The van der Waals surface area contributed by atoms with Crippen molar-refractivity contribution < 1.29 is 14.4 Å². The van der Waals surface area contributed by atoms with Crippen LogP contribution in [0.25, 0.3) is 11.0 Å². The number of likely N-dealkylation sites (tertiary alicyclic amines) is 1. The van der Waals surface area contributed by atoms with Gasteiger partial charge in [-0.1, -0.05) is 11.6 Å². The van der Waals surface area contributed by atoms with Gasteiger partial charge in [-0.3, -0.25) is 14.4 Å². The maximum absolute atomic E-state index is 13.4. The van der Waals surface area contributed by atoms with E-state index < -0.39 is 6.04 Å². The predicted molar refractivity (Wildman–Crippen MR) is 163 cm³/mol. The number of aryl methyl sites for hydroxylation is 1. The van der Waals surface area contributed by atoms with E-state index in [1.807, 2.05) is 11.8 Å². The molecule has 1 aromatic heterocycles. The number of rotatable bonds is 7. The van der Waals surface area contributed by atoms with Crippen LogP contribution in [-0.2, 0) is 0 Å². The first kappa shape index (κ1) is 28.3. The van der Waals surface area contributed by atoms with Gasteiger partial charge >= 0.3 is 0 Å². The maximum Gasteiger partial charge on any atom is 0.254 e. The van der Waals surface area contributed by atoms with Crippen molar-refractivity contribution in [1.29, 1.82) is 0 Å². The van der Waals surface area contributed by atoms with Gasteiger partial charge in [-0.05, 0) is 106 Å². The second-order valence-electron chi connectivity index (χ2n) is 9.82. The number of fused-ring (bicyclic) bond motifs is 1. The van der Waals surface area contributed by atoms with E-state index in [-0.39, 0.29) is 24.0 Å². The number of carbonyl (C=O) groups is 3. The second kappa shape index (κ2) is 11.7. The van der Waals surface area contributed by atoms with Gasteiger partial charge in [0.1, 0.15) is 5.82 Å². The molecule has 8 nitrogen and oxygen atoms in total. The first-order valence-electron chi connectivity index (χ1n) is 12.7. The van der Waals surface area contributed by atoms with Gasteiger partial charge < -0.3 is 20.9 Å². The fourth-order valence-electron chi connectivity index (χ4n) is 4.81. The van der Waals surface area contributed by atoms with Crippen molar-refractivity contribution in [2.24, 2.45) is 0 Å². The molecule has 0 saturated carbocycles. The number of benzene rings is 3. The van der Waals surface area contributed by atoms with E-state index in [4.69, 9.17) is 17.3 Å². The molecule has 3 aromatic carbocycles. The summed E-state index contributed by atoms with van der Waals surface area (Å²) in [7, 11) is 0. The van der Waals surface area contributed by atoms with Gasteiger partial charge in [0.25, 0.3) is 11.8 Å². The highest BCUT2D eigenvalue weighted by molar-refractivity contribution is 9.11. The third-order valence-electron chi connectivity index (χ3n) is 7.00. The zero-order valence-corrected chi connectivity index (χ0v) is 25.5. The summed E-state index contributed by atoms with van der Waals surface area (Å²) in [5, 5.41) is 3.50. The normalized spacial score (nSPS) is 13.9.